The van der Waals surface area contributed by atoms with Crippen LogP contribution >= 0.6 is 0 Å². The molecule has 0 radical (unpaired) electrons. The Bertz CT molecular complexity index is 567. The summed E-state index contributed by atoms with van der Waals surface area (Å²) < 4.78 is 88.8. The molecule has 130 valence electrons. The summed E-state index contributed by atoms with van der Waals surface area (Å²) in [6, 6.07) is 5.07. The standard InChI is InChI=1S/C13H13F7N2O/c1-21(2)8-4-6-9(7-5-8)22(3)10(23)11(14,15)12(16,17)13(18,19)20/h4-7H,1-3H3. The van der Waals surface area contributed by atoms with E-state index in [1.807, 2.05) is 0 Å². The van der Waals surface area contributed by atoms with Crippen molar-refractivity contribution in [2.45, 2.75) is 18.0 Å². The minimum absolute atomic E-state index is 0.0547. The molecule has 1 rings (SSSR count). The highest BCUT2D eigenvalue weighted by molar-refractivity contribution is 5.98. The van der Waals surface area contributed by atoms with Crippen molar-refractivity contribution in [3.05, 3.63) is 24.3 Å². The van der Waals surface area contributed by atoms with Gasteiger partial charge in [-0.15, -0.1) is 0 Å². The fraction of sp³-hybridized carbons (Fsp3) is 0.462. The van der Waals surface area contributed by atoms with Crippen LogP contribution < -0.4 is 9.80 Å². The molecule has 0 aromatic heterocycles. The highest BCUT2D eigenvalue weighted by Gasteiger charge is 2.76. The Morgan fingerprint density at radius 1 is 0.826 bits per heavy atom. The van der Waals surface area contributed by atoms with E-state index in [9.17, 15) is 35.5 Å². The fourth-order valence-electron chi connectivity index (χ4n) is 1.61. The normalized spacial score (nSPS) is 13.0. The van der Waals surface area contributed by atoms with Crippen LogP contribution in [0, 0.1) is 0 Å². The van der Waals surface area contributed by atoms with E-state index in [1.54, 1.807) is 19.0 Å². The first kappa shape index (κ1) is 19.0. The van der Waals surface area contributed by atoms with Gasteiger partial charge in [-0.25, -0.2) is 0 Å². The molecule has 0 bridgehead atoms. The minimum atomic E-state index is -6.55. The van der Waals surface area contributed by atoms with Crippen LogP contribution in [0.3, 0.4) is 0 Å². The fourth-order valence-corrected chi connectivity index (χ4v) is 1.61. The van der Waals surface area contributed by atoms with Crippen molar-refractivity contribution in [3.8, 4) is 0 Å². The Hall–Kier alpha value is -2.00. The van der Waals surface area contributed by atoms with Crippen molar-refractivity contribution in [2.75, 3.05) is 30.9 Å². The Balaban J connectivity index is 3.12. The number of hydrogen-bond donors (Lipinski definition) is 0. The molecular weight excluding hydrogens is 333 g/mol. The van der Waals surface area contributed by atoms with Crippen molar-refractivity contribution in [3.63, 3.8) is 0 Å². The molecule has 3 nitrogen and oxygen atoms in total. The highest BCUT2D eigenvalue weighted by Crippen LogP contribution is 2.47. The van der Waals surface area contributed by atoms with Gasteiger partial charge >= 0.3 is 23.9 Å². The first-order chi connectivity index (χ1) is 10.2. The lowest BCUT2D eigenvalue weighted by Gasteiger charge is -2.30. The molecule has 0 saturated carbocycles. The smallest absolute Gasteiger partial charge is 0.378 e. The van der Waals surface area contributed by atoms with Gasteiger partial charge in [0.15, 0.2) is 0 Å². The molecule has 1 aromatic rings. The summed E-state index contributed by atoms with van der Waals surface area (Å²) in [4.78, 5) is 13.2. The van der Waals surface area contributed by atoms with E-state index in [2.05, 4.69) is 0 Å². The molecule has 0 spiro atoms. The highest BCUT2D eigenvalue weighted by atomic mass is 19.4. The molecule has 10 heteroatoms. The molecule has 0 saturated heterocycles. The predicted molar refractivity (Wildman–Crippen MR) is 70.1 cm³/mol. The summed E-state index contributed by atoms with van der Waals surface area (Å²) in [6.07, 6.45) is -6.55. The number of amides is 1. The van der Waals surface area contributed by atoms with E-state index in [0.29, 0.717) is 12.7 Å². The number of anilines is 2. The Morgan fingerprint density at radius 2 is 1.22 bits per heavy atom. The summed E-state index contributed by atoms with van der Waals surface area (Å²) in [5.41, 5.74) is 0.361. The monoisotopic (exact) mass is 346 g/mol. The number of alkyl halides is 7. The average Bonchev–Trinajstić information content (AvgIpc) is 2.44. The van der Waals surface area contributed by atoms with Gasteiger partial charge in [0.1, 0.15) is 0 Å². The number of rotatable bonds is 4. The summed E-state index contributed by atoms with van der Waals surface area (Å²) in [6.45, 7) is 0. The summed E-state index contributed by atoms with van der Waals surface area (Å²) in [5, 5.41) is 0. The van der Waals surface area contributed by atoms with Crippen LogP contribution in [0.1, 0.15) is 0 Å². The molecule has 0 unspecified atom stereocenters. The minimum Gasteiger partial charge on any atom is -0.378 e. The Kier molecular flexibility index (Phi) is 4.88. The summed E-state index contributed by atoms with van der Waals surface area (Å²) in [7, 11) is 4.02. The molecule has 0 atom stereocenters. The summed E-state index contributed by atoms with van der Waals surface area (Å²) >= 11 is 0. The Labute approximate surface area is 127 Å². The number of carbonyl (C=O) groups excluding carboxylic acids is 1. The van der Waals surface area contributed by atoms with Gasteiger partial charge in [-0.3, -0.25) is 4.79 Å². The third kappa shape index (κ3) is 3.35. The largest absolute Gasteiger partial charge is 0.460 e. The zero-order valence-corrected chi connectivity index (χ0v) is 12.3. The van der Waals surface area contributed by atoms with Crippen molar-refractivity contribution in [1.82, 2.24) is 0 Å². The maximum Gasteiger partial charge on any atom is 0.460 e. The lowest BCUT2D eigenvalue weighted by molar-refractivity contribution is -0.343. The van der Waals surface area contributed by atoms with Gasteiger partial charge in [-0.1, -0.05) is 0 Å². The molecule has 1 amide bonds. The third-order valence-electron chi connectivity index (χ3n) is 3.08. The van der Waals surface area contributed by atoms with E-state index in [0.717, 1.165) is 12.1 Å². The van der Waals surface area contributed by atoms with Gasteiger partial charge in [0.2, 0.25) is 0 Å². The van der Waals surface area contributed by atoms with Gasteiger partial charge in [0.25, 0.3) is 0 Å². The van der Waals surface area contributed by atoms with Crippen LogP contribution in [0.4, 0.5) is 42.1 Å². The quantitative estimate of drug-likeness (QED) is 0.779. The van der Waals surface area contributed by atoms with Crippen LogP contribution in [-0.2, 0) is 4.79 Å². The number of halogens is 7. The van der Waals surface area contributed by atoms with Gasteiger partial charge in [0, 0.05) is 32.5 Å². The van der Waals surface area contributed by atoms with Gasteiger partial charge in [-0.2, -0.15) is 30.7 Å². The SMILES string of the molecule is CN(C)c1ccc(N(C)C(=O)C(F)(F)C(F)(F)C(F)(F)F)cc1. The molecule has 0 aliphatic heterocycles. The lowest BCUT2D eigenvalue weighted by Crippen LogP contribution is -2.59. The molecular formula is C13H13F7N2O. The second kappa shape index (κ2) is 5.89. The van der Waals surface area contributed by atoms with Crippen LogP contribution in [0.15, 0.2) is 24.3 Å². The van der Waals surface area contributed by atoms with E-state index in [-0.39, 0.29) is 10.6 Å². The van der Waals surface area contributed by atoms with Crippen molar-refractivity contribution in [1.29, 1.82) is 0 Å². The van der Waals surface area contributed by atoms with E-state index < -0.39 is 23.9 Å². The zero-order chi connectivity index (χ0) is 18.2. The van der Waals surface area contributed by atoms with Crippen molar-refractivity contribution in [2.24, 2.45) is 0 Å². The molecule has 0 N–H and O–H groups in total. The number of nitrogens with zero attached hydrogens (tertiary/aromatic N) is 2. The molecule has 0 aliphatic rings. The second-order valence-corrected chi connectivity index (χ2v) is 4.92. The van der Waals surface area contributed by atoms with Crippen LogP contribution in [0.2, 0.25) is 0 Å². The van der Waals surface area contributed by atoms with E-state index in [1.165, 1.54) is 12.1 Å². The molecule has 0 fully saturated rings. The second-order valence-electron chi connectivity index (χ2n) is 4.92. The number of carbonyl (C=O) groups is 1. The number of hydrogen-bond acceptors (Lipinski definition) is 2. The van der Waals surface area contributed by atoms with Gasteiger partial charge in [0.05, 0.1) is 0 Å². The van der Waals surface area contributed by atoms with Gasteiger partial charge < -0.3 is 9.80 Å². The van der Waals surface area contributed by atoms with Crippen LogP contribution in [0.25, 0.3) is 0 Å². The maximum absolute atomic E-state index is 13.4. The number of benzene rings is 1. The van der Waals surface area contributed by atoms with E-state index in [4.69, 9.17) is 0 Å². The lowest BCUT2D eigenvalue weighted by atomic mass is 10.1. The molecule has 0 heterocycles. The third-order valence-corrected chi connectivity index (χ3v) is 3.08. The van der Waals surface area contributed by atoms with Gasteiger partial charge in [-0.05, 0) is 24.3 Å². The average molecular weight is 346 g/mol. The van der Waals surface area contributed by atoms with Crippen molar-refractivity contribution < 1.29 is 35.5 Å². The molecule has 23 heavy (non-hydrogen) atoms. The predicted octanol–water partition coefficient (Wildman–Crippen LogP) is 3.55. The topological polar surface area (TPSA) is 23.6 Å². The summed E-state index contributed by atoms with van der Waals surface area (Å²) in [5.74, 6) is -15.1. The van der Waals surface area contributed by atoms with Crippen LogP contribution in [0.5, 0.6) is 0 Å². The molecule has 0 aliphatic carbocycles. The van der Waals surface area contributed by atoms with E-state index >= 15 is 0 Å². The molecule has 1 aromatic carbocycles. The first-order valence-electron chi connectivity index (χ1n) is 6.11. The Morgan fingerprint density at radius 3 is 1.57 bits per heavy atom. The van der Waals surface area contributed by atoms with Crippen molar-refractivity contribution >= 4 is 17.3 Å². The first-order valence-corrected chi connectivity index (χ1v) is 6.11. The van der Waals surface area contributed by atoms with Crippen LogP contribution in [-0.4, -0.2) is 45.1 Å². The maximum atomic E-state index is 13.4. The zero-order valence-electron chi connectivity index (χ0n) is 12.3.